The smallest absolute Gasteiger partial charge is 0.407 e. The van der Waals surface area contributed by atoms with E-state index in [0.29, 0.717) is 66.0 Å². The first-order chi connectivity index (χ1) is 34.7. The fourth-order valence-corrected chi connectivity index (χ4v) is 8.84. The van der Waals surface area contributed by atoms with Gasteiger partial charge in [-0.3, -0.25) is 0 Å². The van der Waals surface area contributed by atoms with Crippen LogP contribution in [-0.2, 0) is 28.4 Å². The van der Waals surface area contributed by atoms with Crippen LogP contribution in [0.25, 0.3) is 0 Å². The third kappa shape index (κ3) is 55.8. The Morgan fingerprint density at radius 1 is 0.386 bits per heavy atom. The molecule has 1 amide bonds. The van der Waals surface area contributed by atoms with Crippen LogP contribution >= 0.6 is 0 Å². The average Bonchev–Trinajstić information content (AvgIpc) is 3.36. The minimum atomic E-state index is -0.423. The topological polar surface area (TPSA) is 105 Å². The van der Waals surface area contributed by atoms with Gasteiger partial charge in [0.15, 0.2) is 0 Å². The Morgan fingerprint density at radius 2 is 0.743 bits per heavy atom. The average molecular weight is 995 g/mol. The van der Waals surface area contributed by atoms with Gasteiger partial charge in [0.1, 0.15) is 12.2 Å². The maximum absolute atomic E-state index is 13.2. The molecule has 0 bridgehead atoms. The van der Waals surface area contributed by atoms with Crippen LogP contribution in [0.2, 0.25) is 0 Å². The summed E-state index contributed by atoms with van der Waals surface area (Å²) in [5, 5.41) is 11.7. The van der Waals surface area contributed by atoms with E-state index >= 15 is 0 Å². The Bertz CT molecular complexity index is 997. The van der Waals surface area contributed by atoms with Crippen molar-refractivity contribution >= 4 is 6.09 Å². The van der Waals surface area contributed by atoms with Crippen molar-refractivity contribution in [3.05, 3.63) is 24.3 Å². The highest BCUT2D eigenvalue weighted by Crippen LogP contribution is 2.19. The third-order valence-corrected chi connectivity index (χ3v) is 13.3. The molecule has 0 aromatic carbocycles. The highest BCUT2D eigenvalue weighted by Gasteiger charge is 2.26. The Hall–Kier alpha value is -1.49. The highest BCUT2D eigenvalue weighted by molar-refractivity contribution is 5.67. The van der Waals surface area contributed by atoms with Gasteiger partial charge in [-0.25, -0.2) is 4.79 Å². The number of hydrogen-bond donors (Lipinski definition) is 2. The summed E-state index contributed by atoms with van der Waals surface area (Å²) >= 11 is 0. The van der Waals surface area contributed by atoms with Crippen molar-refractivity contribution < 1.29 is 38.3 Å². The number of ether oxygens (including phenoxy) is 6. The van der Waals surface area contributed by atoms with Gasteiger partial charge in [0.2, 0.25) is 0 Å². The quantitative estimate of drug-likeness (QED) is 0.0459. The van der Waals surface area contributed by atoms with Gasteiger partial charge < -0.3 is 38.8 Å². The SMILES string of the molecule is CCCCCCCC/C=C\CCCCCCCCCOC(COCCCCCCCC/C=C\CCCCCCCC)C(CCCCCCCCCCCC)OC(=O)NCCOCCOCCOCCO. The zero-order valence-electron chi connectivity index (χ0n) is 46.8. The zero-order chi connectivity index (χ0) is 50.6. The number of carbonyl (C=O) groups is 1. The number of aliphatic hydroxyl groups is 1. The lowest BCUT2D eigenvalue weighted by molar-refractivity contribution is -0.0864. The molecule has 0 aliphatic rings. The number of alkyl carbamates (subject to hydrolysis) is 1. The molecule has 2 N–H and O–H groups in total. The van der Waals surface area contributed by atoms with Crippen LogP contribution in [0, 0.1) is 0 Å². The molecule has 0 fully saturated rings. The number of rotatable bonds is 60. The lowest BCUT2D eigenvalue weighted by Gasteiger charge is -2.27. The molecule has 0 spiro atoms. The molecule has 416 valence electrons. The summed E-state index contributed by atoms with van der Waals surface area (Å²) in [4.78, 5) is 13.2. The standard InChI is InChI=1S/C61H119NO8/c1-4-7-10-13-16-19-22-24-26-28-30-32-34-37-40-43-46-51-69-60(58-68-50-45-42-39-36-33-31-29-27-25-23-20-17-14-11-8-5-2)59(47-44-41-38-35-21-18-15-12-9-6-3)70-61(64)62-48-52-65-54-56-67-57-55-66-53-49-63/h24-27,59-60,63H,4-23,28-58H2,1-3H3,(H,62,64)/b26-24-,27-25-. The van der Waals surface area contributed by atoms with Gasteiger partial charge in [-0.05, 0) is 77.0 Å². The predicted molar refractivity (Wildman–Crippen MR) is 298 cm³/mol. The largest absolute Gasteiger partial charge is 0.443 e. The van der Waals surface area contributed by atoms with Gasteiger partial charge in [-0.15, -0.1) is 0 Å². The summed E-state index contributed by atoms with van der Waals surface area (Å²) < 4.78 is 35.5. The molecule has 0 aromatic rings. The molecule has 0 aliphatic carbocycles. The van der Waals surface area contributed by atoms with Crippen molar-refractivity contribution in [2.45, 2.75) is 290 Å². The normalized spacial score (nSPS) is 12.7. The summed E-state index contributed by atoms with van der Waals surface area (Å²) in [6.45, 7) is 11.5. The number of allylic oxidation sites excluding steroid dienone is 4. The van der Waals surface area contributed by atoms with Gasteiger partial charge in [-0.1, -0.05) is 225 Å². The minimum absolute atomic E-state index is 0.0105. The van der Waals surface area contributed by atoms with Crippen LogP contribution in [0.5, 0.6) is 0 Å². The first-order valence-corrected chi connectivity index (χ1v) is 30.5. The molecule has 0 saturated carbocycles. The number of aliphatic hydroxyl groups excluding tert-OH is 1. The fraction of sp³-hybridized carbons (Fsp3) is 0.918. The van der Waals surface area contributed by atoms with E-state index in [4.69, 9.17) is 33.5 Å². The zero-order valence-corrected chi connectivity index (χ0v) is 46.8. The van der Waals surface area contributed by atoms with Crippen molar-refractivity contribution in [1.82, 2.24) is 5.32 Å². The lowest BCUT2D eigenvalue weighted by Crippen LogP contribution is -2.41. The third-order valence-electron chi connectivity index (χ3n) is 13.3. The molecule has 2 unspecified atom stereocenters. The van der Waals surface area contributed by atoms with Gasteiger partial charge in [0.05, 0.1) is 52.9 Å². The van der Waals surface area contributed by atoms with Crippen molar-refractivity contribution in [3.63, 3.8) is 0 Å². The molecule has 70 heavy (non-hydrogen) atoms. The first-order valence-electron chi connectivity index (χ1n) is 30.5. The Labute approximate surface area is 434 Å². The van der Waals surface area contributed by atoms with Crippen molar-refractivity contribution in [1.29, 1.82) is 0 Å². The molecule has 0 radical (unpaired) electrons. The number of carbonyl (C=O) groups excluding carboxylic acids is 1. The maximum Gasteiger partial charge on any atom is 0.407 e. The van der Waals surface area contributed by atoms with E-state index in [1.807, 2.05) is 0 Å². The second-order valence-electron chi connectivity index (χ2n) is 20.1. The first kappa shape index (κ1) is 68.5. The van der Waals surface area contributed by atoms with Crippen LogP contribution in [-0.4, -0.2) is 96.0 Å². The summed E-state index contributed by atoms with van der Waals surface area (Å²) in [6, 6.07) is 0. The van der Waals surface area contributed by atoms with Gasteiger partial charge in [0.25, 0.3) is 0 Å². The molecule has 0 saturated heterocycles. The van der Waals surface area contributed by atoms with Crippen LogP contribution in [0.1, 0.15) is 278 Å². The monoisotopic (exact) mass is 994 g/mol. The molecule has 0 aromatic heterocycles. The van der Waals surface area contributed by atoms with Crippen LogP contribution in [0.15, 0.2) is 24.3 Å². The predicted octanol–water partition coefficient (Wildman–Crippen LogP) is 17.3. The van der Waals surface area contributed by atoms with Crippen molar-refractivity contribution in [3.8, 4) is 0 Å². The Balaban J connectivity index is 4.97. The summed E-state index contributed by atoms with van der Waals surface area (Å²) in [7, 11) is 0. The summed E-state index contributed by atoms with van der Waals surface area (Å²) in [5.41, 5.74) is 0. The van der Waals surface area contributed by atoms with E-state index in [1.165, 1.54) is 218 Å². The Kier molecular flexibility index (Phi) is 60.5. The van der Waals surface area contributed by atoms with Crippen LogP contribution in [0.3, 0.4) is 0 Å². The summed E-state index contributed by atoms with van der Waals surface area (Å²) in [6.07, 6.45) is 59.4. The van der Waals surface area contributed by atoms with Crippen molar-refractivity contribution in [2.75, 3.05) is 72.6 Å². The fourth-order valence-electron chi connectivity index (χ4n) is 8.84. The number of hydrogen-bond acceptors (Lipinski definition) is 8. The van der Waals surface area contributed by atoms with Gasteiger partial charge >= 0.3 is 6.09 Å². The number of unbranched alkanes of at least 4 members (excludes halogenated alkanes) is 34. The molecule has 9 heteroatoms. The molecule has 2 atom stereocenters. The van der Waals surface area contributed by atoms with E-state index in [0.717, 1.165) is 38.5 Å². The molecular formula is C61H119NO8. The second kappa shape index (κ2) is 61.8. The second-order valence-corrected chi connectivity index (χ2v) is 20.1. The van der Waals surface area contributed by atoms with Crippen molar-refractivity contribution in [2.24, 2.45) is 0 Å². The lowest BCUT2D eigenvalue weighted by atomic mass is 10.0. The van der Waals surface area contributed by atoms with Crippen LogP contribution in [0.4, 0.5) is 4.79 Å². The molecule has 0 rings (SSSR count). The van der Waals surface area contributed by atoms with E-state index < -0.39 is 6.09 Å². The van der Waals surface area contributed by atoms with E-state index in [-0.39, 0.29) is 18.8 Å². The molecule has 0 heterocycles. The van der Waals surface area contributed by atoms with Crippen LogP contribution < -0.4 is 5.32 Å². The van der Waals surface area contributed by atoms with Gasteiger partial charge in [-0.2, -0.15) is 0 Å². The minimum Gasteiger partial charge on any atom is -0.443 e. The molecule has 0 aliphatic heterocycles. The molecular weight excluding hydrogens is 875 g/mol. The van der Waals surface area contributed by atoms with E-state index in [2.05, 4.69) is 50.4 Å². The van der Waals surface area contributed by atoms with E-state index in [9.17, 15) is 4.79 Å². The Morgan fingerprint density at radius 3 is 1.17 bits per heavy atom. The number of amides is 1. The highest BCUT2D eigenvalue weighted by atomic mass is 16.6. The number of nitrogens with one attached hydrogen (secondary N) is 1. The van der Waals surface area contributed by atoms with E-state index in [1.54, 1.807) is 0 Å². The molecule has 9 nitrogen and oxygen atoms in total. The maximum atomic E-state index is 13.2. The van der Waals surface area contributed by atoms with Gasteiger partial charge in [0, 0.05) is 19.8 Å². The summed E-state index contributed by atoms with van der Waals surface area (Å²) in [5.74, 6) is 0.